The molecule has 3 aromatic rings. The van der Waals surface area contributed by atoms with E-state index in [4.69, 9.17) is 4.74 Å². The van der Waals surface area contributed by atoms with Crippen molar-refractivity contribution in [3.8, 4) is 0 Å². The number of esters is 1. The Balaban J connectivity index is 1.51. The van der Waals surface area contributed by atoms with Gasteiger partial charge in [-0.1, -0.05) is 0 Å². The van der Waals surface area contributed by atoms with Crippen molar-refractivity contribution in [1.29, 1.82) is 0 Å². The molecular weight excluding hydrogens is 443 g/mol. The van der Waals surface area contributed by atoms with Crippen molar-refractivity contribution >= 4 is 34.7 Å². The molecule has 1 aliphatic heterocycles. The molecule has 1 saturated heterocycles. The van der Waals surface area contributed by atoms with Gasteiger partial charge in [-0.2, -0.15) is 0 Å². The molecule has 0 unspecified atom stereocenters. The maximum atomic E-state index is 13.2. The molecule has 1 aliphatic rings. The maximum absolute atomic E-state index is 13.2. The van der Waals surface area contributed by atoms with E-state index in [9.17, 15) is 19.3 Å². The van der Waals surface area contributed by atoms with Crippen molar-refractivity contribution in [1.82, 2.24) is 9.97 Å². The summed E-state index contributed by atoms with van der Waals surface area (Å²) in [6.45, 7) is 4.21. The summed E-state index contributed by atoms with van der Waals surface area (Å²) in [7, 11) is 0. The molecule has 0 saturated carbocycles. The number of carbonyl (C=O) groups excluding carboxylic acids is 1. The third kappa shape index (κ3) is 5.03. The molecular formula is C23H23FN6O4. The predicted octanol–water partition coefficient (Wildman–Crippen LogP) is 3.77. The van der Waals surface area contributed by atoms with Crippen LogP contribution >= 0.6 is 0 Å². The molecule has 0 amide bonds. The van der Waals surface area contributed by atoms with Gasteiger partial charge in [0.1, 0.15) is 12.1 Å². The van der Waals surface area contributed by atoms with Crippen LogP contribution in [0.5, 0.6) is 0 Å². The highest BCUT2D eigenvalue weighted by Crippen LogP contribution is 2.34. The Morgan fingerprint density at radius 2 is 1.71 bits per heavy atom. The van der Waals surface area contributed by atoms with Gasteiger partial charge in [-0.05, 0) is 55.5 Å². The second-order valence-electron chi connectivity index (χ2n) is 7.52. The molecule has 2 aromatic carbocycles. The molecule has 4 rings (SSSR count). The van der Waals surface area contributed by atoms with E-state index in [-0.39, 0.29) is 29.7 Å². The largest absolute Gasteiger partial charge is 0.462 e. The van der Waals surface area contributed by atoms with E-state index in [1.54, 1.807) is 43.3 Å². The lowest BCUT2D eigenvalue weighted by molar-refractivity contribution is -0.383. The number of halogens is 1. The van der Waals surface area contributed by atoms with Gasteiger partial charge < -0.3 is 19.9 Å². The van der Waals surface area contributed by atoms with Crippen molar-refractivity contribution in [3.05, 3.63) is 76.4 Å². The fraction of sp³-hybridized carbons (Fsp3) is 0.261. The molecule has 1 fully saturated rings. The molecule has 0 spiro atoms. The lowest BCUT2D eigenvalue weighted by Crippen LogP contribution is -2.47. The van der Waals surface area contributed by atoms with Crippen LogP contribution < -0.4 is 15.1 Å². The van der Waals surface area contributed by atoms with E-state index in [0.29, 0.717) is 37.4 Å². The Bertz CT molecular complexity index is 1170. The van der Waals surface area contributed by atoms with Crippen LogP contribution in [-0.2, 0) is 4.74 Å². The first-order valence-corrected chi connectivity index (χ1v) is 10.8. The van der Waals surface area contributed by atoms with Crippen LogP contribution in [-0.4, -0.2) is 53.6 Å². The highest BCUT2D eigenvalue weighted by molar-refractivity contribution is 5.90. The van der Waals surface area contributed by atoms with E-state index in [2.05, 4.69) is 20.2 Å². The number of carbonyl (C=O) groups is 1. The highest BCUT2D eigenvalue weighted by atomic mass is 19.1. The number of rotatable bonds is 7. The minimum Gasteiger partial charge on any atom is -0.462 e. The fourth-order valence-corrected chi connectivity index (χ4v) is 3.73. The second-order valence-corrected chi connectivity index (χ2v) is 7.52. The Hall–Kier alpha value is -4.28. The smallest absolute Gasteiger partial charge is 0.353 e. The van der Waals surface area contributed by atoms with Crippen molar-refractivity contribution < 1.29 is 18.8 Å². The van der Waals surface area contributed by atoms with Gasteiger partial charge in [0.05, 0.1) is 17.1 Å². The summed E-state index contributed by atoms with van der Waals surface area (Å²) >= 11 is 0. The summed E-state index contributed by atoms with van der Waals surface area (Å²) in [5.41, 5.74) is 1.57. The van der Waals surface area contributed by atoms with Crippen LogP contribution in [0.25, 0.3) is 0 Å². The number of anilines is 4. The van der Waals surface area contributed by atoms with Gasteiger partial charge >= 0.3 is 11.7 Å². The summed E-state index contributed by atoms with van der Waals surface area (Å²) in [6, 6.07) is 12.6. The Morgan fingerprint density at radius 3 is 2.32 bits per heavy atom. The van der Waals surface area contributed by atoms with Gasteiger partial charge in [0, 0.05) is 37.6 Å². The zero-order chi connectivity index (χ0) is 24.1. The average molecular weight is 466 g/mol. The van der Waals surface area contributed by atoms with E-state index in [1.807, 2.05) is 4.90 Å². The fourth-order valence-electron chi connectivity index (χ4n) is 3.73. The SMILES string of the molecule is CCOC(=O)c1ccc(Nc2ncnc(N3CCN(c4ccc(F)cc4)CC3)c2[N+](=O)[O-])cc1. The van der Waals surface area contributed by atoms with E-state index < -0.39 is 10.9 Å². The third-order valence-electron chi connectivity index (χ3n) is 5.42. The van der Waals surface area contributed by atoms with Crippen molar-refractivity contribution in [2.45, 2.75) is 6.92 Å². The van der Waals surface area contributed by atoms with Gasteiger partial charge in [0.2, 0.25) is 11.6 Å². The molecule has 2 heterocycles. The molecule has 0 radical (unpaired) electrons. The number of ether oxygens (including phenoxy) is 1. The number of hydrogen-bond donors (Lipinski definition) is 1. The van der Waals surface area contributed by atoms with E-state index in [0.717, 1.165) is 5.69 Å². The quantitative estimate of drug-likeness (QED) is 0.316. The molecule has 1 N–H and O–H groups in total. The first-order chi connectivity index (χ1) is 16.5. The molecule has 0 aliphatic carbocycles. The Morgan fingerprint density at radius 1 is 1.06 bits per heavy atom. The molecule has 0 atom stereocenters. The predicted molar refractivity (Wildman–Crippen MR) is 125 cm³/mol. The van der Waals surface area contributed by atoms with Crippen LogP contribution in [0.3, 0.4) is 0 Å². The number of hydrogen-bond acceptors (Lipinski definition) is 9. The number of nitrogens with zero attached hydrogens (tertiary/aromatic N) is 5. The van der Waals surface area contributed by atoms with Crippen molar-refractivity contribution in [2.24, 2.45) is 0 Å². The lowest BCUT2D eigenvalue weighted by Gasteiger charge is -2.36. The molecule has 0 bridgehead atoms. The van der Waals surface area contributed by atoms with Gasteiger partial charge in [0.15, 0.2) is 0 Å². The minimum absolute atomic E-state index is 0.0554. The number of nitro groups is 1. The number of aromatic nitrogens is 2. The molecule has 34 heavy (non-hydrogen) atoms. The molecule has 10 nitrogen and oxygen atoms in total. The maximum Gasteiger partial charge on any atom is 0.353 e. The van der Waals surface area contributed by atoms with Crippen LogP contribution in [0.15, 0.2) is 54.9 Å². The standard InChI is InChI=1S/C23H23FN6O4/c1-2-34-23(31)16-3-7-18(8-4-16)27-21-20(30(32)33)22(26-15-25-21)29-13-11-28(12-14-29)19-9-5-17(24)6-10-19/h3-10,15H,2,11-14H2,1H3,(H,25,26,27). The lowest BCUT2D eigenvalue weighted by atomic mass is 10.2. The average Bonchev–Trinajstić information content (AvgIpc) is 2.85. The summed E-state index contributed by atoms with van der Waals surface area (Å²) in [5.74, 6) is -0.456. The van der Waals surface area contributed by atoms with Crippen LogP contribution in [0.1, 0.15) is 17.3 Å². The highest BCUT2D eigenvalue weighted by Gasteiger charge is 2.29. The molecule has 11 heteroatoms. The first kappa shape index (κ1) is 22.9. The monoisotopic (exact) mass is 466 g/mol. The summed E-state index contributed by atoms with van der Waals surface area (Å²) in [5, 5.41) is 14.9. The molecule has 1 aromatic heterocycles. The Kier molecular flexibility index (Phi) is 6.81. The number of nitrogens with one attached hydrogen (secondary N) is 1. The van der Waals surface area contributed by atoms with Gasteiger partial charge in [-0.25, -0.2) is 19.2 Å². The van der Waals surface area contributed by atoms with E-state index in [1.165, 1.54) is 18.5 Å². The number of benzene rings is 2. The summed E-state index contributed by atoms with van der Waals surface area (Å²) in [4.78, 5) is 35.5. The first-order valence-electron chi connectivity index (χ1n) is 10.8. The zero-order valence-electron chi connectivity index (χ0n) is 18.5. The minimum atomic E-state index is -0.503. The van der Waals surface area contributed by atoms with Crippen LogP contribution in [0.4, 0.5) is 33.1 Å². The molecule has 176 valence electrons. The summed E-state index contributed by atoms with van der Waals surface area (Å²) < 4.78 is 18.2. The van der Waals surface area contributed by atoms with Crippen molar-refractivity contribution in [2.75, 3.05) is 47.9 Å². The van der Waals surface area contributed by atoms with Gasteiger partial charge in [-0.3, -0.25) is 10.1 Å². The van der Waals surface area contributed by atoms with Crippen LogP contribution in [0.2, 0.25) is 0 Å². The normalized spacial score (nSPS) is 13.5. The summed E-state index contributed by atoms with van der Waals surface area (Å²) in [6.07, 6.45) is 1.28. The van der Waals surface area contributed by atoms with Gasteiger partial charge in [0.25, 0.3) is 0 Å². The van der Waals surface area contributed by atoms with Gasteiger partial charge in [-0.15, -0.1) is 0 Å². The van der Waals surface area contributed by atoms with Crippen LogP contribution in [0, 0.1) is 15.9 Å². The third-order valence-corrected chi connectivity index (χ3v) is 5.42. The second kappa shape index (κ2) is 10.1. The Labute approximate surface area is 195 Å². The zero-order valence-corrected chi connectivity index (χ0v) is 18.5. The number of piperazine rings is 1. The van der Waals surface area contributed by atoms with Crippen molar-refractivity contribution in [3.63, 3.8) is 0 Å². The van der Waals surface area contributed by atoms with E-state index >= 15 is 0 Å². The topological polar surface area (TPSA) is 114 Å².